The van der Waals surface area contributed by atoms with Gasteiger partial charge in [0, 0.05) is 18.3 Å². The molecular formula is C21H28N2O2. The van der Waals surface area contributed by atoms with Crippen molar-refractivity contribution in [2.75, 3.05) is 0 Å². The van der Waals surface area contributed by atoms with Crippen molar-refractivity contribution < 1.29 is 9.53 Å². The van der Waals surface area contributed by atoms with Crippen LogP contribution < -0.4 is 0 Å². The van der Waals surface area contributed by atoms with Gasteiger partial charge >= 0.3 is 6.09 Å². The van der Waals surface area contributed by atoms with Crippen LogP contribution in [0.3, 0.4) is 0 Å². The molecule has 0 bridgehead atoms. The van der Waals surface area contributed by atoms with E-state index in [0.29, 0.717) is 0 Å². The minimum Gasteiger partial charge on any atom is -0.446 e. The zero-order chi connectivity index (χ0) is 18.0. The van der Waals surface area contributed by atoms with Gasteiger partial charge in [0.2, 0.25) is 0 Å². The van der Waals surface area contributed by atoms with Gasteiger partial charge in [-0.15, -0.1) is 0 Å². The number of carbonyl (C=O) groups excluding carboxylic acids is 1. The van der Waals surface area contributed by atoms with Crippen LogP contribution in [0.1, 0.15) is 68.0 Å². The van der Waals surface area contributed by atoms with Gasteiger partial charge in [-0.05, 0) is 62.1 Å². The average Bonchev–Trinajstić information content (AvgIpc) is 3.08. The molecule has 0 aliphatic heterocycles. The SMILES string of the molecule is Cc1cccc([C@H](C)c2nccn2C(=O)O[C@H]2CC[C@H](C)CC2)c1C. The summed E-state index contributed by atoms with van der Waals surface area (Å²) in [6.07, 6.45) is 7.32. The lowest BCUT2D eigenvalue weighted by Gasteiger charge is -2.26. The second kappa shape index (κ2) is 7.42. The fourth-order valence-corrected chi connectivity index (χ4v) is 3.72. The minimum atomic E-state index is -0.302. The second-order valence-corrected chi connectivity index (χ2v) is 7.43. The lowest BCUT2D eigenvalue weighted by atomic mass is 9.89. The Balaban J connectivity index is 1.78. The molecule has 1 aromatic heterocycles. The third-order valence-electron chi connectivity index (χ3n) is 5.60. The van der Waals surface area contributed by atoms with Crippen LogP contribution in [-0.2, 0) is 4.74 Å². The van der Waals surface area contributed by atoms with Crippen molar-refractivity contribution in [3.63, 3.8) is 0 Å². The predicted molar refractivity (Wildman–Crippen MR) is 99.0 cm³/mol. The molecule has 0 N–H and O–H groups in total. The van der Waals surface area contributed by atoms with Crippen LogP contribution in [0, 0.1) is 19.8 Å². The summed E-state index contributed by atoms with van der Waals surface area (Å²) in [5.41, 5.74) is 3.70. The Hall–Kier alpha value is -2.10. The number of hydrogen-bond acceptors (Lipinski definition) is 3. The Morgan fingerprint density at radius 1 is 1.24 bits per heavy atom. The largest absolute Gasteiger partial charge is 0.446 e. The third kappa shape index (κ3) is 3.78. The van der Waals surface area contributed by atoms with Gasteiger partial charge in [0.1, 0.15) is 11.9 Å². The molecule has 1 atom stereocenters. The van der Waals surface area contributed by atoms with Gasteiger partial charge < -0.3 is 4.74 Å². The molecule has 0 unspecified atom stereocenters. The van der Waals surface area contributed by atoms with Crippen molar-refractivity contribution in [3.05, 3.63) is 53.1 Å². The summed E-state index contributed by atoms with van der Waals surface area (Å²) in [5.74, 6) is 1.51. The first-order valence-electron chi connectivity index (χ1n) is 9.27. The van der Waals surface area contributed by atoms with Gasteiger partial charge in [-0.2, -0.15) is 0 Å². The fraction of sp³-hybridized carbons (Fsp3) is 0.524. The maximum absolute atomic E-state index is 12.7. The number of rotatable bonds is 3. The highest BCUT2D eigenvalue weighted by atomic mass is 16.6. The van der Waals surface area contributed by atoms with Gasteiger partial charge in [-0.25, -0.2) is 14.3 Å². The molecule has 1 aromatic carbocycles. The minimum absolute atomic E-state index is 0.0360. The van der Waals surface area contributed by atoms with E-state index < -0.39 is 0 Å². The first kappa shape index (κ1) is 17.7. The van der Waals surface area contributed by atoms with Crippen molar-refractivity contribution in [1.29, 1.82) is 0 Å². The van der Waals surface area contributed by atoms with Crippen LogP contribution in [0.2, 0.25) is 0 Å². The quantitative estimate of drug-likeness (QED) is 0.770. The van der Waals surface area contributed by atoms with E-state index in [1.54, 1.807) is 17.0 Å². The van der Waals surface area contributed by atoms with Crippen LogP contribution in [0.5, 0.6) is 0 Å². The van der Waals surface area contributed by atoms with Crippen LogP contribution in [0.15, 0.2) is 30.6 Å². The van der Waals surface area contributed by atoms with Crippen molar-refractivity contribution in [2.45, 2.75) is 65.4 Å². The lowest BCUT2D eigenvalue weighted by Crippen LogP contribution is -2.27. The van der Waals surface area contributed by atoms with Gasteiger partial charge in [0.15, 0.2) is 0 Å². The van der Waals surface area contributed by atoms with Gasteiger partial charge in [0.25, 0.3) is 0 Å². The van der Waals surface area contributed by atoms with E-state index in [-0.39, 0.29) is 18.1 Å². The highest BCUT2D eigenvalue weighted by molar-refractivity contribution is 5.71. The Morgan fingerprint density at radius 3 is 2.68 bits per heavy atom. The van der Waals surface area contributed by atoms with E-state index in [0.717, 1.165) is 37.4 Å². The molecular weight excluding hydrogens is 312 g/mol. The number of ether oxygens (including phenoxy) is 1. The van der Waals surface area contributed by atoms with Crippen molar-refractivity contribution in [3.8, 4) is 0 Å². The summed E-state index contributed by atoms with van der Waals surface area (Å²) in [6, 6.07) is 6.28. The Labute approximate surface area is 150 Å². The van der Waals surface area contributed by atoms with E-state index in [4.69, 9.17) is 4.74 Å². The molecule has 0 amide bonds. The summed E-state index contributed by atoms with van der Waals surface area (Å²) in [6.45, 7) is 8.58. The van der Waals surface area contributed by atoms with Crippen molar-refractivity contribution >= 4 is 6.09 Å². The zero-order valence-electron chi connectivity index (χ0n) is 15.7. The van der Waals surface area contributed by atoms with Gasteiger partial charge in [-0.3, -0.25) is 0 Å². The predicted octanol–water partition coefficient (Wildman–Crippen LogP) is 5.22. The molecule has 0 radical (unpaired) electrons. The van der Waals surface area contributed by atoms with Crippen molar-refractivity contribution in [2.24, 2.45) is 5.92 Å². The number of nitrogens with zero attached hydrogens (tertiary/aromatic N) is 2. The smallest absolute Gasteiger partial charge is 0.419 e. The molecule has 25 heavy (non-hydrogen) atoms. The van der Waals surface area contributed by atoms with E-state index >= 15 is 0 Å². The molecule has 2 aromatic rings. The summed E-state index contributed by atoms with van der Waals surface area (Å²) in [5, 5.41) is 0. The van der Waals surface area contributed by atoms with Crippen molar-refractivity contribution in [1.82, 2.24) is 9.55 Å². The van der Waals surface area contributed by atoms with Gasteiger partial charge in [-0.1, -0.05) is 32.0 Å². The number of aromatic nitrogens is 2. The molecule has 134 valence electrons. The number of benzene rings is 1. The highest BCUT2D eigenvalue weighted by Gasteiger charge is 2.25. The first-order valence-corrected chi connectivity index (χ1v) is 9.27. The highest BCUT2D eigenvalue weighted by Crippen LogP contribution is 2.29. The average molecular weight is 340 g/mol. The molecule has 1 fully saturated rings. The Kier molecular flexibility index (Phi) is 5.26. The molecule has 1 aliphatic carbocycles. The summed E-state index contributed by atoms with van der Waals surface area (Å²) < 4.78 is 7.32. The summed E-state index contributed by atoms with van der Waals surface area (Å²) in [7, 11) is 0. The van der Waals surface area contributed by atoms with Crippen LogP contribution in [0.25, 0.3) is 0 Å². The Morgan fingerprint density at radius 2 is 1.96 bits per heavy atom. The number of aryl methyl sites for hydroxylation is 1. The third-order valence-corrected chi connectivity index (χ3v) is 5.60. The van der Waals surface area contributed by atoms with E-state index in [1.165, 1.54) is 16.7 Å². The normalized spacial score (nSPS) is 21.8. The second-order valence-electron chi connectivity index (χ2n) is 7.43. The summed E-state index contributed by atoms with van der Waals surface area (Å²) in [4.78, 5) is 17.1. The molecule has 0 spiro atoms. The van der Waals surface area contributed by atoms with Crippen LogP contribution >= 0.6 is 0 Å². The molecule has 0 saturated heterocycles. The molecule has 3 rings (SSSR count). The van der Waals surface area contributed by atoms with Crippen LogP contribution in [0.4, 0.5) is 4.79 Å². The summed E-state index contributed by atoms with van der Waals surface area (Å²) >= 11 is 0. The molecule has 1 saturated carbocycles. The molecule has 4 nitrogen and oxygen atoms in total. The number of imidazole rings is 1. The van der Waals surface area contributed by atoms with E-state index in [2.05, 4.69) is 50.9 Å². The molecule has 1 heterocycles. The standard InChI is InChI=1S/C21H28N2O2/c1-14-8-10-18(11-9-14)25-21(24)23-13-12-22-20(23)17(4)19-7-5-6-15(2)16(19)3/h5-7,12-14,17-18H,8-11H2,1-4H3/t14-,17-,18-/m0/s1. The first-order chi connectivity index (χ1) is 12.0. The zero-order valence-corrected chi connectivity index (χ0v) is 15.7. The fourth-order valence-electron chi connectivity index (χ4n) is 3.72. The topological polar surface area (TPSA) is 44.1 Å². The maximum atomic E-state index is 12.7. The lowest BCUT2D eigenvalue weighted by molar-refractivity contribution is 0.0667. The monoisotopic (exact) mass is 340 g/mol. The number of hydrogen-bond donors (Lipinski definition) is 0. The van der Waals surface area contributed by atoms with Crippen LogP contribution in [-0.4, -0.2) is 21.7 Å². The number of carbonyl (C=O) groups is 1. The maximum Gasteiger partial charge on any atom is 0.419 e. The van der Waals surface area contributed by atoms with Gasteiger partial charge in [0.05, 0.1) is 0 Å². The Bertz CT molecular complexity index is 742. The molecule has 1 aliphatic rings. The molecule has 4 heteroatoms. The van der Waals surface area contributed by atoms with E-state index in [9.17, 15) is 4.79 Å². The van der Waals surface area contributed by atoms with E-state index in [1.807, 2.05) is 0 Å².